The molecule has 11 N–H and O–H groups in total. The van der Waals surface area contributed by atoms with E-state index in [9.17, 15) is 59.0 Å². The molecular weight excluding hydrogens is 1440 g/mol. The fraction of sp³-hybridized carbons (Fsp3) is 0.444. The normalized spacial score (nSPS) is 20.9. The number of ether oxygens (including phenoxy) is 1. The molecule has 8 aromatic rings. The number of aryl methyl sites for hydroxylation is 2. The predicted molar refractivity (Wildman–Crippen MR) is 415 cm³/mol. The second-order valence-electron chi connectivity index (χ2n) is 29.3. The maximum absolute atomic E-state index is 13.9. The van der Waals surface area contributed by atoms with Crippen molar-refractivity contribution in [1.29, 1.82) is 21.0 Å². The summed E-state index contributed by atoms with van der Waals surface area (Å²) in [5.41, 5.74) is 8.36. The zero-order chi connectivity index (χ0) is 79.7. The molecule has 5 heterocycles. The number of hydrogen-bond acceptors (Lipinski definition) is 26. The lowest BCUT2D eigenvalue weighted by atomic mass is 9.69. The third kappa shape index (κ3) is 24.4. The average Bonchev–Trinajstić information content (AvgIpc) is 1.56. The number of hydrogen-bond donors (Lipinski definition) is 11. The van der Waals surface area contributed by atoms with Crippen molar-refractivity contribution >= 4 is 53.1 Å². The van der Waals surface area contributed by atoms with Crippen LogP contribution in [0, 0.1) is 76.3 Å². The Morgan fingerprint density at radius 3 is 1.40 bits per heavy atom. The number of aliphatic hydroxyl groups excluding tert-OH is 4. The van der Waals surface area contributed by atoms with Crippen molar-refractivity contribution in [3.05, 3.63) is 183 Å². The molecule has 0 amide bonds. The monoisotopic (exact) mass is 1530 g/mol. The lowest BCUT2D eigenvalue weighted by Crippen LogP contribution is -2.37. The van der Waals surface area contributed by atoms with E-state index in [2.05, 4.69) is 138 Å². The highest BCUT2D eigenvalue weighted by molar-refractivity contribution is 5.63. The molecule has 0 radical (unpaired) electrons. The summed E-state index contributed by atoms with van der Waals surface area (Å²) in [6.07, 6.45) is 14.6. The van der Waals surface area contributed by atoms with E-state index in [-0.39, 0.29) is 95.7 Å². The fourth-order valence-corrected chi connectivity index (χ4v) is 13.8. The Labute approximate surface area is 648 Å². The number of halogens is 4. The molecule has 3 atom stereocenters. The zero-order valence-corrected chi connectivity index (χ0v) is 63.3. The second-order valence-corrected chi connectivity index (χ2v) is 29.3. The van der Waals surface area contributed by atoms with E-state index in [1.807, 2.05) is 73.3 Å². The fourth-order valence-electron chi connectivity index (χ4n) is 13.8. The summed E-state index contributed by atoms with van der Waals surface area (Å²) in [5, 5.41) is 107. The molecule has 0 spiro atoms. The number of anilines is 7. The van der Waals surface area contributed by atoms with Crippen LogP contribution >= 0.6 is 0 Å². The summed E-state index contributed by atoms with van der Waals surface area (Å²) in [7, 11) is 0. The molecule has 4 aromatic carbocycles. The summed E-state index contributed by atoms with van der Waals surface area (Å²) in [4.78, 5) is 34.6. The van der Waals surface area contributed by atoms with Gasteiger partial charge < -0.3 is 62.4 Å². The Balaban J connectivity index is 0.000000159. The minimum atomic E-state index is -4.79. The minimum absolute atomic E-state index is 0.00716. The van der Waals surface area contributed by atoms with Crippen molar-refractivity contribution in [2.24, 2.45) is 21.7 Å². The predicted octanol–water partition coefficient (Wildman–Crippen LogP) is 13.9. The average molecular weight is 1530 g/mol. The van der Waals surface area contributed by atoms with Crippen LogP contribution in [0.3, 0.4) is 0 Å². The smallest absolute Gasteiger partial charge is 0.405 e. The second kappa shape index (κ2) is 39.8. The Morgan fingerprint density at radius 1 is 0.518 bits per heavy atom. The SMILES string of the molecule is CC1C=NN=[N+]1c1ccccc1CNc1ncc(C#N)c(C[C@@H]2CC[C@@H](O)C(C)(C)C2)n1.Cc1ccc(CNc2ncc(C#N)c(NC3CCC(O)CC3)n2)c(F)c1.Cc1ccccc1CNc1ncc(C#N)c(NC2CCC(O)CC2)n1.N#Cc1cnc(NCc2ccccc2OC(F)(F)F)nc1NC1CCC(O)CC1. The first kappa shape index (κ1) is 82.9. The molecule has 4 saturated carbocycles. The standard InChI is InChI=1S/C24H30N7O.C19H20F3N5O2.C19H22FN5O.C19H23N5O/c1-16-13-28-30-31(16)21-7-5-4-6-18(21)14-26-23-27-15-19(12-25)20(29-23)10-17-8-9-22(32)24(2,3)11-17;20-19(21,22)29-16-4-2-1-3-12(16)10-24-18-25-11-13(9-23)17(27-18)26-14-5-7-15(28)8-6-14;1-12-2-3-13(17(20)8-12)10-22-19-23-11-14(9-21)18(25-19)24-15-4-6-16(26)7-5-15;1-13-4-2-3-5-14(13)11-21-19-22-12-15(10-20)18(24-19)23-16-6-8-17(25)9-7-16/h4-7,13,15-17,22,32H,8-11,14H2,1-3H3,(H,26,27,29);1-4,11,14-15,28H,5-8,10H2,(H2,24,25,26,27);2-3,8,11,15-16,26H,4-7,10H2,1H3,(H2,22,23,24,25);2-5,12,16-17,25H,6-9,11H2,1H3,(H2,21,22,23,24)/q+1;;;/t16?,17-,22+;;;/m0.../s1. The van der Waals surface area contributed by atoms with Crippen LogP contribution < -0.4 is 42.0 Å². The highest BCUT2D eigenvalue weighted by atomic mass is 19.4. The molecule has 31 heteroatoms. The number of para-hydroxylation sites is 2. The molecule has 13 rings (SSSR count). The molecule has 1 unspecified atom stereocenters. The van der Waals surface area contributed by atoms with Gasteiger partial charge >= 0.3 is 6.36 Å². The first-order valence-electron chi connectivity index (χ1n) is 37.7. The number of aromatic nitrogens is 8. The van der Waals surface area contributed by atoms with Crippen molar-refractivity contribution in [2.75, 3.05) is 37.2 Å². The Bertz CT molecular complexity index is 4710. The quantitative estimate of drug-likeness (QED) is 0.0222. The van der Waals surface area contributed by atoms with Gasteiger partial charge in [0.2, 0.25) is 23.8 Å². The maximum atomic E-state index is 13.9. The van der Waals surface area contributed by atoms with Gasteiger partial charge in [-0.25, -0.2) is 29.3 Å². The van der Waals surface area contributed by atoms with E-state index in [0.717, 1.165) is 106 Å². The van der Waals surface area contributed by atoms with Crippen molar-refractivity contribution < 1.29 is 47.4 Å². The molecule has 4 aromatic heterocycles. The molecular formula is C81H95F4N22O5+. The van der Waals surface area contributed by atoms with Gasteiger partial charge in [0.05, 0.1) is 65.6 Å². The lowest BCUT2D eigenvalue weighted by molar-refractivity contribution is -0.524. The number of rotatable bonds is 22. The Hall–Kier alpha value is -11.6. The summed E-state index contributed by atoms with van der Waals surface area (Å²) in [5.74, 6) is 2.71. The number of benzene rings is 4. The van der Waals surface area contributed by atoms with Gasteiger partial charge in [-0.1, -0.05) is 86.6 Å². The minimum Gasteiger partial charge on any atom is -0.405 e. The van der Waals surface area contributed by atoms with Crippen molar-refractivity contribution in [3.8, 4) is 30.0 Å². The van der Waals surface area contributed by atoms with Crippen LogP contribution in [0.2, 0.25) is 0 Å². The van der Waals surface area contributed by atoms with Crippen LogP contribution in [0.1, 0.15) is 178 Å². The first-order valence-corrected chi connectivity index (χ1v) is 37.7. The van der Waals surface area contributed by atoms with Crippen LogP contribution in [-0.4, -0.2) is 126 Å². The first-order chi connectivity index (χ1) is 53.9. The van der Waals surface area contributed by atoms with Crippen LogP contribution in [0.15, 0.2) is 126 Å². The molecule has 4 fully saturated rings. The van der Waals surface area contributed by atoms with Crippen LogP contribution in [0.25, 0.3) is 0 Å². The highest BCUT2D eigenvalue weighted by Crippen LogP contribution is 2.41. The molecule has 112 heavy (non-hydrogen) atoms. The molecule has 0 bridgehead atoms. The van der Waals surface area contributed by atoms with Gasteiger partial charge in [-0.2, -0.15) is 36.0 Å². The van der Waals surface area contributed by atoms with Gasteiger partial charge in [0, 0.05) is 61.0 Å². The summed E-state index contributed by atoms with van der Waals surface area (Å²) >= 11 is 0. The lowest BCUT2D eigenvalue weighted by Gasteiger charge is -2.39. The van der Waals surface area contributed by atoms with Crippen LogP contribution in [-0.2, 0) is 32.6 Å². The van der Waals surface area contributed by atoms with Crippen LogP contribution in [0.4, 0.5) is 64.5 Å². The van der Waals surface area contributed by atoms with Gasteiger partial charge in [-0.05, 0) is 170 Å². The summed E-state index contributed by atoms with van der Waals surface area (Å²) in [6.45, 7) is 11.6. The third-order valence-corrected chi connectivity index (χ3v) is 20.3. The van der Waals surface area contributed by atoms with Crippen molar-refractivity contribution in [3.63, 3.8) is 0 Å². The molecule has 1 aliphatic heterocycles. The van der Waals surface area contributed by atoms with E-state index in [1.54, 1.807) is 24.5 Å². The number of nitriles is 4. The van der Waals surface area contributed by atoms with E-state index < -0.39 is 6.36 Å². The van der Waals surface area contributed by atoms with Crippen LogP contribution in [0.5, 0.6) is 5.75 Å². The summed E-state index contributed by atoms with van der Waals surface area (Å²) < 4.78 is 57.5. The Kier molecular flexibility index (Phi) is 29.5. The molecule has 5 aliphatic rings. The van der Waals surface area contributed by atoms with Gasteiger partial charge in [-0.3, -0.25) is 0 Å². The number of aliphatic hydroxyl groups is 4. The largest absolute Gasteiger partial charge is 0.573 e. The number of nitrogens with one attached hydrogen (secondary N) is 7. The zero-order valence-electron chi connectivity index (χ0n) is 63.3. The van der Waals surface area contributed by atoms with Gasteiger partial charge in [0.25, 0.3) is 0 Å². The number of alkyl halides is 3. The van der Waals surface area contributed by atoms with E-state index in [4.69, 9.17) is 4.98 Å². The topological polar surface area (TPSA) is 400 Å². The van der Waals surface area contributed by atoms with Gasteiger partial charge in [0.15, 0.2) is 17.9 Å². The van der Waals surface area contributed by atoms with Gasteiger partial charge in [0.1, 0.15) is 75.2 Å². The highest BCUT2D eigenvalue weighted by Gasteiger charge is 2.37. The van der Waals surface area contributed by atoms with Crippen molar-refractivity contribution in [1.82, 2.24) is 39.9 Å². The third-order valence-electron chi connectivity index (χ3n) is 20.3. The molecule has 586 valence electrons. The van der Waals surface area contributed by atoms with E-state index >= 15 is 0 Å². The Morgan fingerprint density at radius 2 is 0.946 bits per heavy atom. The summed E-state index contributed by atoms with van der Waals surface area (Å²) in [6, 6.07) is 36.1. The van der Waals surface area contributed by atoms with E-state index in [1.165, 1.54) is 47.8 Å². The van der Waals surface area contributed by atoms with Crippen molar-refractivity contribution in [2.45, 2.75) is 218 Å². The molecule has 4 aliphatic carbocycles. The molecule has 0 saturated heterocycles. The maximum Gasteiger partial charge on any atom is 0.573 e. The molecule has 27 nitrogen and oxygen atoms in total. The van der Waals surface area contributed by atoms with E-state index in [0.29, 0.717) is 95.8 Å². The van der Waals surface area contributed by atoms with Gasteiger partial charge in [-0.15, -0.1) is 17.9 Å². The number of nitrogens with zero attached hydrogens (tertiary/aromatic N) is 15.